The summed E-state index contributed by atoms with van der Waals surface area (Å²) in [7, 11) is -3.50. The minimum absolute atomic E-state index is 0.0427. The van der Waals surface area contributed by atoms with Crippen LogP contribution in [0.4, 0.5) is 0 Å². The van der Waals surface area contributed by atoms with E-state index in [1.807, 2.05) is 0 Å². The molecule has 1 aromatic rings. The maximum Gasteiger partial charge on any atom is 0.243 e. The predicted molar refractivity (Wildman–Crippen MR) is 72.8 cm³/mol. The van der Waals surface area contributed by atoms with Gasteiger partial charge in [0.2, 0.25) is 10.0 Å². The second kappa shape index (κ2) is 5.69. The number of hydrogen-bond acceptors (Lipinski definition) is 3. The Morgan fingerprint density at radius 1 is 1.39 bits per heavy atom. The van der Waals surface area contributed by atoms with Crippen molar-refractivity contribution in [1.29, 1.82) is 0 Å². The lowest BCUT2D eigenvalue weighted by atomic mass is 9.93. The second-order valence-electron chi connectivity index (χ2n) is 4.38. The maximum atomic E-state index is 12.5. The second-order valence-corrected chi connectivity index (χ2v) is 7.19. The molecule has 1 aliphatic rings. The molecule has 0 spiro atoms. The molecule has 6 heteroatoms. The topological polar surface area (TPSA) is 57.6 Å². The van der Waals surface area contributed by atoms with Crippen molar-refractivity contribution in [2.24, 2.45) is 0 Å². The number of aliphatic hydroxyl groups excluding tert-OH is 1. The van der Waals surface area contributed by atoms with E-state index in [0.29, 0.717) is 0 Å². The van der Waals surface area contributed by atoms with Gasteiger partial charge in [0, 0.05) is 17.1 Å². The molecule has 1 aliphatic carbocycles. The Morgan fingerprint density at radius 2 is 2.11 bits per heavy atom. The molecule has 100 valence electrons. The molecule has 0 amide bonds. The van der Waals surface area contributed by atoms with Crippen LogP contribution in [0, 0.1) is 0 Å². The Labute approximate surface area is 116 Å². The first-order valence-corrected chi connectivity index (χ1v) is 8.17. The van der Waals surface area contributed by atoms with Crippen molar-refractivity contribution in [3.63, 3.8) is 0 Å². The van der Waals surface area contributed by atoms with Gasteiger partial charge in [-0.1, -0.05) is 28.4 Å². The van der Waals surface area contributed by atoms with Gasteiger partial charge < -0.3 is 5.11 Å². The average molecular weight is 334 g/mol. The molecule has 1 fully saturated rings. The van der Waals surface area contributed by atoms with Gasteiger partial charge in [0.15, 0.2) is 0 Å². The fraction of sp³-hybridized carbons (Fsp3) is 0.500. The Balaban J connectivity index is 2.32. The predicted octanol–water partition coefficient (Wildman–Crippen LogP) is 1.98. The molecule has 0 bridgehead atoms. The van der Waals surface area contributed by atoms with E-state index in [2.05, 4.69) is 15.9 Å². The lowest BCUT2D eigenvalue weighted by Gasteiger charge is -2.36. The van der Waals surface area contributed by atoms with E-state index in [1.165, 1.54) is 4.31 Å². The molecule has 0 heterocycles. The molecule has 0 aromatic heterocycles. The van der Waals surface area contributed by atoms with Crippen LogP contribution < -0.4 is 0 Å². The van der Waals surface area contributed by atoms with E-state index in [1.54, 1.807) is 24.3 Å². The fourth-order valence-corrected chi connectivity index (χ4v) is 4.31. The highest BCUT2D eigenvalue weighted by atomic mass is 79.9. The molecule has 2 rings (SSSR count). The van der Waals surface area contributed by atoms with Gasteiger partial charge in [-0.2, -0.15) is 4.31 Å². The highest BCUT2D eigenvalue weighted by Gasteiger charge is 2.34. The number of nitrogens with zero attached hydrogens (tertiary/aromatic N) is 1. The van der Waals surface area contributed by atoms with Crippen molar-refractivity contribution >= 4 is 26.0 Å². The lowest BCUT2D eigenvalue weighted by Crippen LogP contribution is -2.45. The van der Waals surface area contributed by atoms with E-state index in [-0.39, 0.29) is 24.1 Å². The summed E-state index contributed by atoms with van der Waals surface area (Å²) in [5, 5.41) is 9.05. The van der Waals surface area contributed by atoms with Crippen LogP contribution in [0.5, 0.6) is 0 Å². The third-order valence-corrected chi connectivity index (χ3v) is 5.65. The summed E-state index contributed by atoms with van der Waals surface area (Å²) >= 11 is 3.28. The Bertz CT molecular complexity index is 514. The summed E-state index contributed by atoms with van der Waals surface area (Å²) < 4.78 is 27.2. The van der Waals surface area contributed by atoms with Gasteiger partial charge in [-0.15, -0.1) is 0 Å². The van der Waals surface area contributed by atoms with Crippen molar-refractivity contribution in [1.82, 2.24) is 4.31 Å². The molecule has 0 saturated heterocycles. The molecule has 18 heavy (non-hydrogen) atoms. The first kappa shape index (κ1) is 14.0. The molecule has 1 saturated carbocycles. The number of sulfonamides is 1. The van der Waals surface area contributed by atoms with Gasteiger partial charge in [-0.25, -0.2) is 8.42 Å². The molecule has 1 aromatic carbocycles. The Hall–Kier alpha value is -0.430. The monoisotopic (exact) mass is 333 g/mol. The largest absolute Gasteiger partial charge is 0.395 e. The standard InChI is InChI=1S/C12H16BrNO3S/c13-10-3-1-6-12(9-10)18(16,17)14(7-8-15)11-4-2-5-11/h1,3,6,9,11,15H,2,4-5,7-8H2. The molecular formula is C12H16BrNO3S. The number of aliphatic hydroxyl groups is 1. The van der Waals surface area contributed by atoms with Crippen molar-refractivity contribution < 1.29 is 13.5 Å². The zero-order chi connectivity index (χ0) is 13.2. The van der Waals surface area contributed by atoms with Crippen LogP contribution in [-0.2, 0) is 10.0 Å². The molecule has 0 unspecified atom stereocenters. The van der Waals surface area contributed by atoms with Gasteiger partial charge in [-0.3, -0.25) is 0 Å². The molecule has 4 nitrogen and oxygen atoms in total. The fourth-order valence-electron chi connectivity index (χ4n) is 2.04. The minimum atomic E-state index is -3.50. The van der Waals surface area contributed by atoms with Gasteiger partial charge >= 0.3 is 0 Å². The van der Waals surface area contributed by atoms with Gasteiger partial charge in [0.25, 0.3) is 0 Å². The summed E-state index contributed by atoms with van der Waals surface area (Å²) in [6.45, 7) is 0.0171. The minimum Gasteiger partial charge on any atom is -0.395 e. The van der Waals surface area contributed by atoms with Crippen molar-refractivity contribution in [2.75, 3.05) is 13.2 Å². The average Bonchev–Trinajstić information content (AvgIpc) is 2.26. The van der Waals surface area contributed by atoms with Crippen molar-refractivity contribution in [3.8, 4) is 0 Å². The maximum absolute atomic E-state index is 12.5. The summed E-state index contributed by atoms with van der Waals surface area (Å²) in [5.74, 6) is 0. The molecule has 0 radical (unpaired) electrons. The molecule has 0 atom stereocenters. The SMILES string of the molecule is O=S(=O)(c1cccc(Br)c1)N(CCO)C1CCC1. The van der Waals surface area contributed by atoms with Crippen LogP contribution in [0.2, 0.25) is 0 Å². The zero-order valence-corrected chi connectivity index (χ0v) is 12.3. The third-order valence-electron chi connectivity index (χ3n) is 3.21. The van der Waals surface area contributed by atoms with Crippen LogP contribution in [0.1, 0.15) is 19.3 Å². The van der Waals surface area contributed by atoms with Crippen LogP contribution in [0.15, 0.2) is 33.6 Å². The van der Waals surface area contributed by atoms with Gasteiger partial charge in [0.1, 0.15) is 0 Å². The number of halogens is 1. The first-order valence-electron chi connectivity index (χ1n) is 5.94. The van der Waals surface area contributed by atoms with Crippen LogP contribution in [0.25, 0.3) is 0 Å². The molecule has 1 N–H and O–H groups in total. The van der Waals surface area contributed by atoms with Gasteiger partial charge in [0.05, 0.1) is 11.5 Å². The number of benzene rings is 1. The number of hydrogen-bond donors (Lipinski definition) is 1. The van der Waals surface area contributed by atoms with Crippen LogP contribution in [0.3, 0.4) is 0 Å². The van der Waals surface area contributed by atoms with E-state index >= 15 is 0 Å². The zero-order valence-electron chi connectivity index (χ0n) is 9.92. The summed E-state index contributed by atoms with van der Waals surface area (Å²) in [4.78, 5) is 0.275. The van der Waals surface area contributed by atoms with E-state index < -0.39 is 10.0 Å². The quantitative estimate of drug-likeness (QED) is 0.896. The normalized spacial score (nSPS) is 16.8. The van der Waals surface area contributed by atoms with E-state index in [0.717, 1.165) is 23.7 Å². The van der Waals surface area contributed by atoms with Gasteiger partial charge in [-0.05, 0) is 31.0 Å². The third kappa shape index (κ3) is 2.77. The van der Waals surface area contributed by atoms with Crippen molar-refractivity contribution in [2.45, 2.75) is 30.2 Å². The molecular weight excluding hydrogens is 318 g/mol. The van der Waals surface area contributed by atoms with Crippen LogP contribution >= 0.6 is 15.9 Å². The van der Waals surface area contributed by atoms with Crippen LogP contribution in [-0.4, -0.2) is 37.0 Å². The highest BCUT2D eigenvalue weighted by Crippen LogP contribution is 2.30. The smallest absolute Gasteiger partial charge is 0.243 e. The van der Waals surface area contributed by atoms with E-state index in [9.17, 15) is 8.42 Å². The molecule has 0 aliphatic heterocycles. The number of rotatable bonds is 5. The highest BCUT2D eigenvalue weighted by molar-refractivity contribution is 9.10. The Kier molecular flexibility index (Phi) is 4.42. The Morgan fingerprint density at radius 3 is 2.61 bits per heavy atom. The first-order chi connectivity index (χ1) is 8.55. The van der Waals surface area contributed by atoms with E-state index in [4.69, 9.17) is 5.11 Å². The van der Waals surface area contributed by atoms with Crippen molar-refractivity contribution in [3.05, 3.63) is 28.7 Å². The lowest BCUT2D eigenvalue weighted by molar-refractivity contribution is 0.178. The summed E-state index contributed by atoms with van der Waals surface area (Å²) in [6.07, 6.45) is 2.82. The summed E-state index contributed by atoms with van der Waals surface area (Å²) in [5.41, 5.74) is 0. The summed E-state index contributed by atoms with van der Waals surface area (Å²) in [6, 6.07) is 6.72.